The Labute approximate surface area is 94.4 Å². The van der Waals surface area contributed by atoms with Gasteiger partial charge in [-0.3, -0.25) is 9.10 Å². The largest absolute Gasteiger partial charge is 0.481 e. The average Bonchev–Trinajstić information content (AvgIpc) is 2.17. The Kier molecular flexibility index (Phi) is 3.89. The first-order chi connectivity index (χ1) is 7.41. The zero-order valence-electron chi connectivity index (χ0n) is 8.83. The molecule has 0 bridgehead atoms. The van der Waals surface area contributed by atoms with E-state index in [0.29, 0.717) is 5.69 Å². The number of rotatable bonds is 5. The van der Waals surface area contributed by atoms with Gasteiger partial charge in [0.2, 0.25) is 10.0 Å². The van der Waals surface area contributed by atoms with Crippen LogP contribution in [0, 0.1) is 0 Å². The topological polar surface area (TPSA) is 74.7 Å². The van der Waals surface area contributed by atoms with E-state index in [0.717, 1.165) is 10.6 Å². The van der Waals surface area contributed by atoms with Crippen molar-refractivity contribution in [3.05, 3.63) is 30.3 Å². The van der Waals surface area contributed by atoms with Gasteiger partial charge < -0.3 is 5.11 Å². The number of nitrogens with zero attached hydrogens (tertiary/aromatic N) is 1. The number of aliphatic carboxylic acids is 1. The highest BCUT2D eigenvalue weighted by molar-refractivity contribution is 7.92. The van der Waals surface area contributed by atoms with Crippen LogP contribution in [0.25, 0.3) is 0 Å². The lowest BCUT2D eigenvalue weighted by atomic mass is 10.3. The molecule has 0 fully saturated rings. The van der Waals surface area contributed by atoms with E-state index in [9.17, 15) is 13.2 Å². The van der Waals surface area contributed by atoms with Crippen LogP contribution in [-0.2, 0) is 14.8 Å². The van der Waals surface area contributed by atoms with Crippen molar-refractivity contribution in [2.24, 2.45) is 0 Å². The second kappa shape index (κ2) is 4.98. The molecule has 0 unspecified atom stereocenters. The predicted octanol–water partition coefficient (Wildman–Crippen LogP) is 0.927. The van der Waals surface area contributed by atoms with Crippen molar-refractivity contribution in [3.8, 4) is 0 Å². The van der Waals surface area contributed by atoms with Gasteiger partial charge in [0.25, 0.3) is 0 Å². The predicted molar refractivity (Wildman–Crippen MR) is 60.9 cm³/mol. The third-order valence-electron chi connectivity index (χ3n) is 1.97. The summed E-state index contributed by atoms with van der Waals surface area (Å²) >= 11 is 0. The van der Waals surface area contributed by atoms with Crippen molar-refractivity contribution >= 4 is 21.7 Å². The van der Waals surface area contributed by atoms with E-state index in [-0.39, 0.29) is 13.0 Å². The van der Waals surface area contributed by atoms with Crippen LogP contribution >= 0.6 is 0 Å². The van der Waals surface area contributed by atoms with Crippen molar-refractivity contribution in [1.82, 2.24) is 0 Å². The Morgan fingerprint density at radius 3 is 2.31 bits per heavy atom. The highest BCUT2D eigenvalue weighted by Crippen LogP contribution is 2.16. The number of hydrogen-bond donors (Lipinski definition) is 1. The van der Waals surface area contributed by atoms with Gasteiger partial charge >= 0.3 is 5.97 Å². The number of carbonyl (C=O) groups is 1. The summed E-state index contributed by atoms with van der Waals surface area (Å²) < 4.78 is 24.0. The lowest BCUT2D eigenvalue weighted by molar-refractivity contribution is -0.136. The maximum Gasteiger partial charge on any atom is 0.305 e. The first-order valence-electron chi connectivity index (χ1n) is 4.66. The summed E-state index contributed by atoms with van der Waals surface area (Å²) in [5, 5.41) is 8.55. The Morgan fingerprint density at radius 1 is 1.31 bits per heavy atom. The van der Waals surface area contributed by atoms with Crippen LogP contribution in [0.15, 0.2) is 30.3 Å². The Balaban J connectivity index is 2.94. The number of para-hydroxylation sites is 1. The van der Waals surface area contributed by atoms with Crippen molar-refractivity contribution in [3.63, 3.8) is 0 Å². The molecule has 1 aromatic rings. The summed E-state index contributed by atoms with van der Waals surface area (Å²) in [5.74, 6) is -1.02. The maximum atomic E-state index is 11.5. The second-order valence-corrected chi connectivity index (χ2v) is 5.22. The van der Waals surface area contributed by atoms with Gasteiger partial charge in [-0.25, -0.2) is 8.42 Å². The molecule has 0 spiro atoms. The van der Waals surface area contributed by atoms with Crippen molar-refractivity contribution in [2.75, 3.05) is 17.1 Å². The van der Waals surface area contributed by atoms with Crippen LogP contribution in [0.2, 0.25) is 0 Å². The van der Waals surface area contributed by atoms with Gasteiger partial charge in [-0.15, -0.1) is 0 Å². The molecule has 0 heterocycles. The van der Waals surface area contributed by atoms with Gasteiger partial charge in [0, 0.05) is 6.54 Å². The minimum Gasteiger partial charge on any atom is -0.481 e. The summed E-state index contributed by atoms with van der Waals surface area (Å²) in [6, 6.07) is 8.43. The molecule has 88 valence electrons. The molecule has 1 rings (SSSR count). The SMILES string of the molecule is CS(=O)(=O)N(CCC(=O)O)c1ccccc1. The Hall–Kier alpha value is -1.56. The van der Waals surface area contributed by atoms with Crippen LogP contribution < -0.4 is 4.31 Å². The van der Waals surface area contributed by atoms with Gasteiger partial charge in [-0.05, 0) is 12.1 Å². The maximum absolute atomic E-state index is 11.5. The Morgan fingerprint density at radius 2 is 1.88 bits per heavy atom. The number of carboxylic acids is 1. The van der Waals surface area contributed by atoms with Gasteiger partial charge in [0.05, 0.1) is 18.4 Å². The molecule has 16 heavy (non-hydrogen) atoms. The smallest absolute Gasteiger partial charge is 0.305 e. The summed E-state index contributed by atoms with van der Waals surface area (Å²) in [5.41, 5.74) is 0.478. The molecule has 0 aliphatic heterocycles. The van der Waals surface area contributed by atoms with Crippen LogP contribution in [-0.4, -0.2) is 32.3 Å². The minimum atomic E-state index is -3.44. The number of carboxylic acid groups (broad SMARTS) is 1. The number of sulfonamides is 1. The first kappa shape index (κ1) is 12.5. The van der Waals surface area contributed by atoms with Crippen LogP contribution in [0.5, 0.6) is 0 Å². The molecule has 1 N–H and O–H groups in total. The summed E-state index contributed by atoms with van der Waals surface area (Å²) in [6.07, 6.45) is 0.837. The van der Waals surface area contributed by atoms with E-state index in [1.54, 1.807) is 30.3 Å². The molecule has 0 saturated carbocycles. The third kappa shape index (κ3) is 3.54. The monoisotopic (exact) mass is 243 g/mol. The van der Waals surface area contributed by atoms with E-state index in [2.05, 4.69) is 0 Å². The zero-order chi connectivity index (χ0) is 12.2. The van der Waals surface area contributed by atoms with Crippen LogP contribution in [0.4, 0.5) is 5.69 Å². The number of anilines is 1. The fraction of sp³-hybridized carbons (Fsp3) is 0.300. The molecule has 0 amide bonds. The average molecular weight is 243 g/mol. The van der Waals surface area contributed by atoms with Gasteiger partial charge in [-0.1, -0.05) is 18.2 Å². The lowest BCUT2D eigenvalue weighted by Crippen LogP contribution is -2.31. The molecule has 0 radical (unpaired) electrons. The molecule has 0 aromatic heterocycles. The summed E-state index contributed by atoms with van der Waals surface area (Å²) in [7, 11) is -3.44. The van der Waals surface area contributed by atoms with Gasteiger partial charge in [0.1, 0.15) is 0 Å². The molecule has 5 nitrogen and oxygen atoms in total. The molecular weight excluding hydrogens is 230 g/mol. The quantitative estimate of drug-likeness (QED) is 0.834. The molecule has 0 aliphatic rings. The standard InChI is InChI=1S/C10H13NO4S/c1-16(14,15)11(8-7-10(12)13)9-5-3-2-4-6-9/h2-6H,7-8H2,1H3,(H,12,13). The molecule has 0 saturated heterocycles. The molecule has 0 atom stereocenters. The van der Waals surface area contributed by atoms with E-state index in [4.69, 9.17) is 5.11 Å². The number of benzene rings is 1. The minimum absolute atomic E-state index is 0.0574. The third-order valence-corrected chi connectivity index (χ3v) is 3.17. The lowest BCUT2D eigenvalue weighted by Gasteiger charge is -2.21. The van der Waals surface area contributed by atoms with Gasteiger partial charge in [-0.2, -0.15) is 0 Å². The van der Waals surface area contributed by atoms with E-state index in [1.165, 1.54) is 0 Å². The fourth-order valence-corrected chi connectivity index (χ4v) is 2.21. The molecular formula is C10H13NO4S. The Bertz CT molecular complexity index is 455. The molecule has 6 heteroatoms. The first-order valence-corrected chi connectivity index (χ1v) is 6.50. The molecule has 1 aromatic carbocycles. The van der Waals surface area contributed by atoms with Crippen molar-refractivity contribution in [1.29, 1.82) is 0 Å². The van der Waals surface area contributed by atoms with E-state index in [1.807, 2.05) is 0 Å². The van der Waals surface area contributed by atoms with E-state index >= 15 is 0 Å². The van der Waals surface area contributed by atoms with Gasteiger partial charge in [0.15, 0.2) is 0 Å². The summed E-state index contributed by atoms with van der Waals surface area (Å²) in [4.78, 5) is 10.4. The van der Waals surface area contributed by atoms with Crippen molar-refractivity contribution < 1.29 is 18.3 Å². The summed E-state index contributed by atoms with van der Waals surface area (Å²) in [6.45, 7) is -0.0574. The number of hydrogen-bond acceptors (Lipinski definition) is 3. The normalized spacial score (nSPS) is 11.1. The fourth-order valence-electron chi connectivity index (χ4n) is 1.28. The highest BCUT2D eigenvalue weighted by atomic mass is 32.2. The van der Waals surface area contributed by atoms with Crippen LogP contribution in [0.3, 0.4) is 0 Å². The van der Waals surface area contributed by atoms with E-state index < -0.39 is 16.0 Å². The van der Waals surface area contributed by atoms with Crippen LogP contribution in [0.1, 0.15) is 6.42 Å². The zero-order valence-corrected chi connectivity index (χ0v) is 9.64. The van der Waals surface area contributed by atoms with Crippen molar-refractivity contribution in [2.45, 2.75) is 6.42 Å². The molecule has 0 aliphatic carbocycles. The highest BCUT2D eigenvalue weighted by Gasteiger charge is 2.17. The second-order valence-electron chi connectivity index (χ2n) is 3.31.